The summed E-state index contributed by atoms with van der Waals surface area (Å²) in [6.07, 6.45) is 16.6. The van der Waals surface area contributed by atoms with E-state index in [1.807, 2.05) is 12.2 Å². The Labute approximate surface area is 111 Å². The molecule has 2 rings (SSSR count). The summed E-state index contributed by atoms with van der Waals surface area (Å²) in [6.45, 7) is 0. The molecule has 0 aromatic rings. The van der Waals surface area contributed by atoms with Crippen LogP contribution in [0.1, 0.15) is 77.0 Å². The van der Waals surface area contributed by atoms with E-state index >= 15 is 0 Å². The SMILES string of the molecule is O[C@@]12CC=CC[C@]1(O)CCCCCCCCCC2. The van der Waals surface area contributed by atoms with Gasteiger partial charge in [-0.25, -0.2) is 0 Å². The van der Waals surface area contributed by atoms with Crippen LogP contribution in [0.5, 0.6) is 0 Å². The van der Waals surface area contributed by atoms with Gasteiger partial charge in [-0.15, -0.1) is 0 Å². The van der Waals surface area contributed by atoms with Crippen molar-refractivity contribution >= 4 is 0 Å². The third-order valence-corrected chi connectivity index (χ3v) is 4.87. The molecule has 0 aliphatic heterocycles. The van der Waals surface area contributed by atoms with Gasteiger partial charge in [-0.3, -0.25) is 0 Å². The Balaban J connectivity index is 2.05. The van der Waals surface area contributed by atoms with Crippen LogP contribution in [0.15, 0.2) is 12.2 Å². The molecule has 0 amide bonds. The van der Waals surface area contributed by atoms with Gasteiger partial charge in [0, 0.05) is 0 Å². The smallest absolute Gasteiger partial charge is 0.0970 e. The fourth-order valence-corrected chi connectivity index (χ4v) is 3.50. The van der Waals surface area contributed by atoms with Gasteiger partial charge in [0.05, 0.1) is 11.2 Å². The summed E-state index contributed by atoms with van der Waals surface area (Å²) in [5.41, 5.74) is -1.75. The standard InChI is InChI=1S/C16H28O2/c17-15-11-7-5-3-1-2-4-6-8-12-16(15,18)14-10-9-13-15/h9-10,17-18H,1-8,11-14H2/t15-,16+. The molecule has 2 nitrogen and oxygen atoms in total. The van der Waals surface area contributed by atoms with E-state index in [4.69, 9.17) is 0 Å². The van der Waals surface area contributed by atoms with E-state index in [1.54, 1.807) is 0 Å². The van der Waals surface area contributed by atoms with E-state index < -0.39 is 11.2 Å². The Hall–Kier alpha value is -0.340. The molecule has 104 valence electrons. The van der Waals surface area contributed by atoms with Crippen LogP contribution < -0.4 is 0 Å². The summed E-state index contributed by atoms with van der Waals surface area (Å²) in [5.74, 6) is 0. The lowest BCUT2D eigenvalue weighted by Gasteiger charge is -2.45. The highest BCUT2D eigenvalue weighted by molar-refractivity contribution is 5.12. The minimum atomic E-state index is -0.874. The molecule has 18 heavy (non-hydrogen) atoms. The third-order valence-electron chi connectivity index (χ3n) is 4.87. The lowest BCUT2D eigenvalue weighted by molar-refractivity contribution is -0.162. The van der Waals surface area contributed by atoms with Crippen LogP contribution in [0, 0.1) is 0 Å². The predicted octanol–water partition coefficient (Wildman–Crippen LogP) is 3.71. The van der Waals surface area contributed by atoms with Gasteiger partial charge >= 0.3 is 0 Å². The molecular formula is C16H28O2. The summed E-state index contributed by atoms with van der Waals surface area (Å²) >= 11 is 0. The topological polar surface area (TPSA) is 40.5 Å². The van der Waals surface area contributed by atoms with Crippen LogP contribution in [0.4, 0.5) is 0 Å². The second kappa shape index (κ2) is 6.21. The highest BCUT2D eigenvalue weighted by Gasteiger charge is 2.48. The summed E-state index contributed by atoms with van der Waals surface area (Å²) in [7, 11) is 0. The van der Waals surface area contributed by atoms with E-state index in [1.165, 1.54) is 38.5 Å². The first-order chi connectivity index (χ1) is 8.66. The van der Waals surface area contributed by atoms with Gasteiger partial charge < -0.3 is 10.2 Å². The Bertz CT molecular complexity index is 259. The molecule has 0 bridgehead atoms. The number of hydrogen-bond donors (Lipinski definition) is 2. The normalized spacial score (nSPS) is 39.4. The van der Waals surface area contributed by atoms with Gasteiger partial charge in [-0.05, 0) is 25.7 Å². The van der Waals surface area contributed by atoms with Crippen molar-refractivity contribution in [3.63, 3.8) is 0 Å². The minimum absolute atomic E-state index is 0.628. The molecule has 2 heteroatoms. The summed E-state index contributed by atoms with van der Waals surface area (Å²) in [6, 6.07) is 0. The van der Waals surface area contributed by atoms with Crippen molar-refractivity contribution in [2.45, 2.75) is 88.3 Å². The van der Waals surface area contributed by atoms with Gasteiger partial charge in [0.2, 0.25) is 0 Å². The van der Waals surface area contributed by atoms with Crippen molar-refractivity contribution in [3.8, 4) is 0 Å². The van der Waals surface area contributed by atoms with Crippen molar-refractivity contribution < 1.29 is 10.2 Å². The Morgan fingerprint density at radius 3 is 1.28 bits per heavy atom. The van der Waals surface area contributed by atoms with Gasteiger partial charge in [0.15, 0.2) is 0 Å². The quantitative estimate of drug-likeness (QED) is 0.645. The lowest BCUT2D eigenvalue weighted by atomic mass is 9.69. The van der Waals surface area contributed by atoms with Crippen molar-refractivity contribution in [1.82, 2.24) is 0 Å². The summed E-state index contributed by atoms with van der Waals surface area (Å²) in [4.78, 5) is 0. The maximum atomic E-state index is 10.8. The number of hydrogen-bond acceptors (Lipinski definition) is 2. The molecule has 1 saturated carbocycles. The van der Waals surface area contributed by atoms with Crippen LogP contribution in [0.25, 0.3) is 0 Å². The molecule has 0 spiro atoms. The maximum Gasteiger partial charge on any atom is 0.0970 e. The van der Waals surface area contributed by atoms with Crippen LogP contribution in [0.3, 0.4) is 0 Å². The summed E-state index contributed by atoms with van der Waals surface area (Å²) < 4.78 is 0. The average molecular weight is 252 g/mol. The molecule has 2 N–H and O–H groups in total. The van der Waals surface area contributed by atoms with E-state index in [9.17, 15) is 10.2 Å². The molecule has 2 aliphatic carbocycles. The van der Waals surface area contributed by atoms with E-state index in [2.05, 4.69) is 0 Å². The Morgan fingerprint density at radius 1 is 0.556 bits per heavy atom. The van der Waals surface area contributed by atoms with E-state index in [0.717, 1.165) is 25.7 Å². The number of aliphatic hydroxyl groups is 2. The van der Waals surface area contributed by atoms with Crippen LogP contribution >= 0.6 is 0 Å². The zero-order chi connectivity index (χ0) is 12.9. The van der Waals surface area contributed by atoms with Gasteiger partial charge in [0.25, 0.3) is 0 Å². The van der Waals surface area contributed by atoms with Gasteiger partial charge in [0.1, 0.15) is 0 Å². The lowest BCUT2D eigenvalue weighted by Crippen LogP contribution is -2.55. The molecular weight excluding hydrogens is 224 g/mol. The Kier molecular flexibility index (Phi) is 4.85. The first-order valence-electron chi connectivity index (χ1n) is 7.76. The largest absolute Gasteiger partial charge is 0.387 e. The first-order valence-corrected chi connectivity index (χ1v) is 7.76. The van der Waals surface area contributed by atoms with E-state index in [-0.39, 0.29) is 0 Å². The second-order valence-corrected chi connectivity index (χ2v) is 6.27. The zero-order valence-corrected chi connectivity index (χ0v) is 11.5. The average Bonchev–Trinajstić information content (AvgIpc) is 2.34. The second-order valence-electron chi connectivity index (χ2n) is 6.27. The maximum absolute atomic E-state index is 10.8. The molecule has 0 aromatic carbocycles. The fraction of sp³-hybridized carbons (Fsp3) is 0.875. The molecule has 2 aliphatic rings. The number of rotatable bonds is 0. The minimum Gasteiger partial charge on any atom is -0.387 e. The molecule has 0 unspecified atom stereocenters. The Morgan fingerprint density at radius 2 is 0.889 bits per heavy atom. The zero-order valence-electron chi connectivity index (χ0n) is 11.5. The van der Waals surface area contributed by atoms with Crippen molar-refractivity contribution in [2.75, 3.05) is 0 Å². The van der Waals surface area contributed by atoms with Crippen molar-refractivity contribution in [1.29, 1.82) is 0 Å². The van der Waals surface area contributed by atoms with Gasteiger partial charge in [-0.1, -0.05) is 63.5 Å². The molecule has 0 aromatic heterocycles. The van der Waals surface area contributed by atoms with Crippen LogP contribution in [-0.2, 0) is 0 Å². The molecule has 2 atom stereocenters. The summed E-state index contributed by atoms with van der Waals surface area (Å²) in [5, 5.41) is 21.7. The third kappa shape index (κ3) is 3.16. The monoisotopic (exact) mass is 252 g/mol. The molecule has 1 fully saturated rings. The highest BCUT2D eigenvalue weighted by Crippen LogP contribution is 2.41. The predicted molar refractivity (Wildman–Crippen MR) is 74.4 cm³/mol. The van der Waals surface area contributed by atoms with Crippen LogP contribution in [-0.4, -0.2) is 21.4 Å². The molecule has 0 radical (unpaired) electrons. The fourth-order valence-electron chi connectivity index (χ4n) is 3.50. The van der Waals surface area contributed by atoms with Gasteiger partial charge in [-0.2, -0.15) is 0 Å². The van der Waals surface area contributed by atoms with E-state index in [0.29, 0.717) is 12.8 Å². The number of fused-ring (bicyclic) bond motifs is 1. The highest BCUT2D eigenvalue weighted by atomic mass is 16.4. The molecule has 0 heterocycles. The van der Waals surface area contributed by atoms with Crippen molar-refractivity contribution in [3.05, 3.63) is 12.2 Å². The first kappa shape index (κ1) is 14.1. The van der Waals surface area contributed by atoms with Crippen LogP contribution in [0.2, 0.25) is 0 Å². The molecule has 0 saturated heterocycles. The van der Waals surface area contributed by atoms with Crippen molar-refractivity contribution in [2.24, 2.45) is 0 Å².